The molecule has 0 aliphatic carbocycles. The molecule has 2 aromatic rings. The quantitative estimate of drug-likeness (QED) is 0.873. The number of aliphatic carboxylic acids is 1. The highest BCUT2D eigenvalue weighted by molar-refractivity contribution is 5.71. The van der Waals surface area contributed by atoms with E-state index in [-0.39, 0.29) is 5.82 Å². The van der Waals surface area contributed by atoms with E-state index in [2.05, 4.69) is 10.2 Å². The van der Waals surface area contributed by atoms with Gasteiger partial charge in [0.2, 0.25) is 0 Å². The molecular formula is C13H13FN2O2. The maximum absolute atomic E-state index is 13.7. The minimum Gasteiger partial charge on any atom is -0.481 e. The molecule has 1 aromatic carbocycles. The Balaban J connectivity index is 2.34. The summed E-state index contributed by atoms with van der Waals surface area (Å²) in [6, 6.07) is 6.33. The van der Waals surface area contributed by atoms with Crippen molar-refractivity contribution in [1.29, 1.82) is 0 Å². The SMILES string of the molecule is CC(Cc1cn[nH]c1-c1ccccc1F)C(=O)O. The molecule has 0 radical (unpaired) electrons. The lowest BCUT2D eigenvalue weighted by Crippen LogP contribution is -2.12. The van der Waals surface area contributed by atoms with Gasteiger partial charge in [-0.25, -0.2) is 4.39 Å². The summed E-state index contributed by atoms with van der Waals surface area (Å²) in [5.41, 5.74) is 1.65. The minimum atomic E-state index is -0.879. The third-order valence-electron chi connectivity index (χ3n) is 2.81. The van der Waals surface area contributed by atoms with E-state index >= 15 is 0 Å². The molecule has 0 amide bonds. The first-order valence-electron chi connectivity index (χ1n) is 5.59. The molecule has 0 spiro atoms. The van der Waals surface area contributed by atoms with Crippen LogP contribution in [-0.2, 0) is 11.2 Å². The molecule has 5 heteroatoms. The molecule has 0 bridgehead atoms. The molecule has 1 aromatic heterocycles. The lowest BCUT2D eigenvalue weighted by Gasteiger charge is -2.07. The third-order valence-corrected chi connectivity index (χ3v) is 2.81. The molecule has 94 valence electrons. The number of rotatable bonds is 4. The Morgan fingerprint density at radius 1 is 1.50 bits per heavy atom. The molecule has 1 atom stereocenters. The summed E-state index contributed by atoms with van der Waals surface area (Å²) >= 11 is 0. The van der Waals surface area contributed by atoms with Gasteiger partial charge >= 0.3 is 5.97 Å². The van der Waals surface area contributed by atoms with Crippen LogP contribution in [-0.4, -0.2) is 21.3 Å². The van der Waals surface area contributed by atoms with Crippen molar-refractivity contribution in [2.24, 2.45) is 5.92 Å². The van der Waals surface area contributed by atoms with Gasteiger partial charge < -0.3 is 5.11 Å². The number of H-pyrrole nitrogens is 1. The van der Waals surface area contributed by atoms with E-state index < -0.39 is 11.9 Å². The highest BCUT2D eigenvalue weighted by Crippen LogP contribution is 2.25. The van der Waals surface area contributed by atoms with Crippen molar-refractivity contribution in [3.63, 3.8) is 0 Å². The Morgan fingerprint density at radius 3 is 2.89 bits per heavy atom. The van der Waals surface area contributed by atoms with Crippen LogP contribution in [0.2, 0.25) is 0 Å². The first kappa shape index (κ1) is 12.3. The number of carboxylic acid groups (broad SMARTS) is 1. The maximum atomic E-state index is 13.7. The predicted molar refractivity (Wildman–Crippen MR) is 64.5 cm³/mol. The highest BCUT2D eigenvalue weighted by atomic mass is 19.1. The molecule has 0 fully saturated rings. The van der Waals surface area contributed by atoms with Crippen molar-refractivity contribution in [3.05, 3.63) is 41.8 Å². The van der Waals surface area contributed by atoms with Crippen molar-refractivity contribution in [2.45, 2.75) is 13.3 Å². The van der Waals surface area contributed by atoms with Crippen molar-refractivity contribution in [3.8, 4) is 11.3 Å². The van der Waals surface area contributed by atoms with Gasteiger partial charge in [0.25, 0.3) is 0 Å². The van der Waals surface area contributed by atoms with E-state index in [1.54, 1.807) is 31.3 Å². The molecule has 2 N–H and O–H groups in total. The molecule has 18 heavy (non-hydrogen) atoms. The van der Waals surface area contributed by atoms with E-state index in [0.717, 1.165) is 0 Å². The number of carbonyl (C=O) groups is 1. The van der Waals surface area contributed by atoms with Gasteiger partial charge in [0.1, 0.15) is 5.82 Å². The Labute approximate surface area is 103 Å². The average molecular weight is 248 g/mol. The second-order valence-corrected chi connectivity index (χ2v) is 4.19. The molecule has 0 saturated carbocycles. The van der Waals surface area contributed by atoms with Gasteiger partial charge in [0.05, 0.1) is 17.8 Å². The summed E-state index contributed by atoms with van der Waals surface area (Å²) < 4.78 is 13.7. The smallest absolute Gasteiger partial charge is 0.306 e. The number of aromatic amines is 1. The fourth-order valence-corrected chi connectivity index (χ4v) is 1.78. The monoisotopic (exact) mass is 248 g/mol. The zero-order valence-electron chi connectivity index (χ0n) is 9.85. The first-order valence-corrected chi connectivity index (χ1v) is 5.59. The summed E-state index contributed by atoms with van der Waals surface area (Å²) in [6.45, 7) is 1.61. The maximum Gasteiger partial charge on any atom is 0.306 e. The number of nitrogens with one attached hydrogen (secondary N) is 1. The number of nitrogens with zero attached hydrogens (tertiary/aromatic N) is 1. The average Bonchev–Trinajstić information content (AvgIpc) is 2.77. The van der Waals surface area contributed by atoms with Gasteiger partial charge in [-0.2, -0.15) is 5.10 Å². The molecule has 2 rings (SSSR count). The Hall–Kier alpha value is -2.17. The van der Waals surface area contributed by atoms with E-state index in [1.165, 1.54) is 6.07 Å². The van der Waals surface area contributed by atoms with Gasteiger partial charge in [-0.1, -0.05) is 19.1 Å². The van der Waals surface area contributed by atoms with Crippen molar-refractivity contribution in [1.82, 2.24) is 10.2 Å². The van der Waals surface area contributed by atoms with E-state index in [9.17, 15) is 9.18 Å². The number of benzene rings is 1. The van der Waals surface area contributed by atoms with Crippen LogP contribution in [0, 0.1) is 11.7 Å². The summed E-state index contributed by atoms with van der Waals surface area (Å²) in [7, 11) is 0. The van der Waals surface area contributed by atoms with Gasteiger partial charge in [-0.15, -0.1) is 0 Å². The number of hydrogen-bond acceptors (Lipinski definition) is 2. The van der Waals surface area contributed by atoms with Crippen LogP contribution in [0.1, 0.15) is 12.5 Å². The second kappa shape index (κ2) is 5.00. The number of carboxylic acids is 1. The largest absolute Gasteiger partial charge is 0.481 e. The molecule has 4 nitrogen and oxygen atoms in total. The van der Waals surface area contributed by atoms with Crippen LogP contribution in [0.25, 0.3) is 11.3 Å². The van der Waals surface area contributed by atoms with E-state index in [4.69, 9.17) is 5.11 Å². The fourth-order valence-electron chi connectivity index (χ4n) is 1.78. The molecular weight excluding hydrogens is 235 g/mol. The zero-order valence-corrected chi connectivity index (χ0v) is 9.85. The predicted octanol–water partition coefficient (Wildman–Crippen LogP) is 2.48. The van der Waals surface area contributed by atoms with Crippen molar-refractivity contribution < 1.29 is 14.3 Å². The summed E-state index contributed by atoms with van der Waals surface area (Å²) in [5.74, 6) is -1.77. The van der Waals surface area contributed by atoms with Gasteiger partial charge in [-0.05, 0) is 24.1 Å². The normalized spacial score (nSPS) is 12.3. The van der Waals surface area contributed by atoms with Crippen molar-refractivity contribution >= 4 is 5.97 Å². The molecule has 0 saturated heterocycles. The Kier molecular flexibility index (Phi) is 3.41. The molecule has 0 aliphatic heterocycles. The topological polar surface area (TPSA) is 66.0 Å². The van der Waals surface area contributed by atoms with Gasteiger partial charge in [0, 0.05) is 5.56 Å². The highest BCUT2D eigenvalue weighted by Gasteiger charge is 2.17. The van der Waals surface area contributed by atoms with Crippen molar-refractivity contribution in [2.75, 3.05) is 0 Å². The van der Waals surface area contributed by atoms with Crippen LogP contribution >= 0.6 is 0 Å². The standard InChI is InChI=1S/C13H13FN2O2/c1-8(13(17)18)6-9-7-15-16-12(9)10-4-2-3-5-11(10)14/h2-5,7-8H,6H2,1H3,(H,15,16)(H,17,18). The number of halogens is 1. The molecule has 1 unspecified atom stereocenters. The molecule has 1 heterocycles. The van der Waals surface area contributed by atoms with Crippen LogP contribution in [0.15, 0.2) is 30.5 Å². The molecule has 0 aliphatic rings. The van der Waals surface area contributed by atoms with Gasteiger partial charge in [0.15, 0.2) is 0 Å². The first-order chi connectivity index (χ1) is 8.59. The minimum absolute atomic E-state index is 0.315. The van der Waals surface area contributed by atoms with E-state index in [1.807, 2.05) is 0 Å². The number of aromatic nitrogens is 2. The van der Waals surface area contributed by atoms with Crippen LogP contribution in [0.5, 0.6) is 0 Å². The summed E-state index contributed by atoms with van der Waals surface area (Å²) in [5, 5.41) is 15.5. The fraction of sp³-hybridized carbons (Fsp3) is 0.231. The Morgan fingerprint density at radius 2 is 2.22 bits per heavy atom. The zero-order chi connectivity index (χ0) is 13.1. The van der Waals surface area contributed by atoms with Crippen LogP contribution in [0.4, 0.5) is 4.39 Å². The van der Waals surface area contributed by atoms with Crippen LogP contribution in [0.3, 0.4) is 0 Å². The van der Waals surface area contributed by atoms with Crippen LogP contribution < -0.4 is 0 Å². The lowest BCUT2D eigenvalue weighted by molar-refractivity contribution is -0.141. The second-order valence-electron chi connectivity index (χ2n) is 4.19. The third kappa shape index (κ3) is 2.40. The Bertz CT molecular complexity index is 566. The lowest BCUT2D eigenvalue weighted by atomic mass is 9.99. The van der Waals surface area contributed by atoms with E-state index in [0.29, 0.717) is 23.2 Å². The van der Waals surface area contributed by atoms with Gasteiger partial charge in [-0.3, -0.25) is 9.89 Å². The summed E-state index contributed by atoms with van der Waals surface area (Å²) in [6.07, 6.45) is 1.86. The number of hydrogen-bond donors (Lipinski definition) is 2. The summed E-state index contributed by atoms with van der Waals surface area (Å²) in [4.78, 5) is 10.8.